The first kappa shape index (κ1) is 32.4. The molecule has 0 aliphatic carbocycles. The Morgan fingerprint density at radius 2 is 1.23 bits per heavy atom. The second kappa shape index (κ2) is 20.8. The summed E-state index contributed by atoms with van der Waals surface area (Å²) in [4.78, 5) is 0. The van der Waals surface area contributed by atoms with Crippen LogP contribution in [0.5, 0.6) is 0 Å². The standard InChI is InChI=1S/C15H32O4P.2C3H6ClO.Sb/c1-4-7-9-11-13-18-20(17,15(16)6-3)19-14-12-10-8-5-2;2*1-3(4)2-5;/h15H,4-14H2,1-3H3;2*3H,2H2,1H3;/q3*-1;+3. The molecule has 3 atom stereocenters. The van der Waals surface area contributed by atoms with E-state index in [2.05, 4.69) is 13.8 Å². The molecule has 0 aromatic heterocycles. The SMILES string of the molecule is CCCCCCOP(=O)(OCCCCCC)C(CC)[O][Sb]([O]CC(C)Cl)[O]CC(C)Cl. The van der Waals surface area contributed by atoms with E-state index in [1.165, 1.54) is 0 Å². The third-order valence-electron chi connectivity index (χ3n) is 4.27. The van der Waals surface area contributed by atoms with Crippen molar-refractivity contribution in [2.24, 2.45) is 0 Å². The molecule has 0 bridgehead atoms. The Morgan fingerprint density at radius 1 is 0.774 bits per heavy atom. The van der Waals surface area contributed by atoms with E-state index >= 15 is 0 Å². The molecule has 0 radical (unpaired) electrons. The Labute approximate surface area is 209 Å². The van der Waals surface area contributed by atoms with Crippen LogP contribution < -0.4 is 0 Å². The van der Waals surface area contributed by atoms with Crippen LogP contribution in [0.3, 0.4) is 0 Å². The van der Waals surface area contributed by atoms with E-state index in [1.807, 2.05) is 20.8 Å². The maximum atomic E-state index is 13.7. The number of halogens is 2. The Bertz CT molecular complexity index is 430. The van der Waals surface area contributed by atoms with Gasteiger partial charge in [-0.2, -0.15) is 0 Å². The summed E-state index contributed by atoms with van der Waals surface area (Å²) < 4.78 is 43.2. The van der Waals surface area contributed by atoms with Gasteiger partial charge in [0.1, 0.15) is 0 Å². The first-order valence-corrected chi connectivity index (χ1v) is 17.3. The Hall–Kier alpha value is 1.43. The van der Waals surface area contributed by atoms with Gasteiger partial charge in [0.2, 0.25) is 0 Å². The minimum atomic E-state index is -3.48. The van der Waals surface area contributed by atoms with Gasteiger partial charge < -0.3 is 0 Å². The summed E-state index contributed by atoms with van der Waals surface area (Å²) in [7, 11) is -3.48. The predicted molar refractivity (Wildman–Crippen MR) is 131 cm³/mol. The molecule has 10 heteroatoms. The average Bonchev–Trinajstić information content (AvgIpc) is 2.72. The van der Waals surface area contributed by atoms with Gasteiger partial charge in [-0.25, -0.2) is 0 Å². The molecule has 31 heavy (non-hydrogen) atoms. The van der Waals surface area contributed by atoms with Crippen molar-refractivity contribution < 1.29 is 22.7 Å². The number of hydrogen-bond donors (Lipinski definition) is 0. The van der Waals surface area contributed by atoms with E-state index < -0.39 is 34.9 Å². The minimum absolute atomic E-state index is 0.177. The predicted octanol–water partition coefficient (Wildman–Crippen LogP) is 7.40. The van der Waals surface area contributed by atoms with Crippen LogP contribution in [0, 0.1) is 0 Å². The van der Waals surface area contributed by atoms with Gasteiger partial charge in [0.15, 0.2) is 0 Å². The molecule has 0 saturated heterocycles. The molecule has 0 N–H and O–H groups in total. The van der Waals surface area contributed by atoms with Crippen LogP contribution in [0.15, 0.2) is 0 Å². The van der Waals surface area contributed by atoms with Crippen LogP contribution in [0.1, 0.15) is 92.4 Å². The molecule has 0 spiro atoms. The van der Waals surface area contributed by atoms with Gasteiger partial charge in [-0.05, 0) is 0 Å². The summed E-state index contributed by atoms with van der Waals surface area (Å²) in [5, 5.41) is -0.353. The Kier molecular flexibility index (Phi) is 21.7. The molecule has 3 unspecified atom stereocenters. The molecule has 0 aliphatic heterocycles. The second-order valence-corrected chi connectivity index (χ2v) is 14.7. The Morgan fingerprint density at radius 3 is 1.58 bits per heavy atom. The van der Waals surface area contributed by atoms with Crippen molar-refractivity contribution in [1.29, 1.82) is 0 Å². The summed E-state index contributed by atoms with van der Waals surface area (Å²) in [6.45, 7) is 11.3. The van der Waals surface area contributed by atoms with Gasteiger partial charge in [0.25, 0.3) is 0 Å². The fourth-order valence-electron chi connectivity index (χ4n) is 2.53. The summed E-state index contributed by atoms with van der Waals surface area (Å²) in [6.07, 6.45) is 8.77. The third-order valence-corrected chi connectivity index (χ3v) is 10.5. The third kappa shape index (κ3) is 17.5. The van der Waals surface area contributed by atoms with Gasteiger partial charge in [0, 0.05) is 0 Å². The second-order valence-electron chi connectivity index (χ2n) is 7.67. The number of hydrogen-bond acceptors (Lipinski definition) is 6. The van der Waals surface area contributed by atoms with Crippen molar-refractivity contribution in [1.82, 2.24) is 0 Å². The summed E-state index contributed by atoms with van der Waals surface area (Å²) >= 11 is 8.92. The molecule has 0 heterocycles. The molecule has 0 aromatic rings. The molecule has 0 rings (SSSR count). The van der Waals surface area contributed by atoms with Gasteiger partial charge in [-0.3, -0.25) is 0 Å². The van der Waals surface area contributed by atoms with E-state index in [1.54, 1.807) is 0 Å². The fraction of sp³-hybridized carbons (Fsp3) is 1.00. The van der Waals surface area contributed by atoms with Crippen LogP contribution in [0.25, 0.3) is 0 Å². The molecule has 0 amide bonds. The van der Waals surface area contributed by atoms with Gasteiger partial charge in [0.05, 0.1) is 0 Å². The molecule has 0 saturated carbocycles. The molecule has 0 fully saturated rings. The van der Waals surface area contributed by atoms with Gasteiger partial charge >= 0.3 is 210 Å². The van der Waals surface area contributed by atoms with E-state index in [0.29, 0.717) is 32.8 Å². The van der Waals surface area contributed by atoms with Crippen molar-refractivity contribution >= 4 is 52.3 Å². The van der Waals surface area contributed by atoms with Crippen LogP contribution in [-0.2, 0) is 22.7 Å². The van der Waals surface area contributed by atoms with Crippen molar-refractivity contribution in [2.45, 2.75) is 109 Å². The molecule has 0 aliphatic rings. The van der Waals surface area contributed by atoms with E-state index in [9.17, 15) is 4.57 Å². The maximum absolute atomic E-state index is 13.7. The van der Waals surface area contributed by atoms with Crippen LogP contribution in [0.4, 0.5) is 0 Å². The topological polar surface area (TPSA) is 63.2 Å². The van der Waals surface area contributed by atoms with Crippen LogP contribution in [-0.4, -0.2) is 64.5 Å². The summed E-state index contributed by atoms with van der Waals surface area (Å²) in [6, 6.07) is 0. The molecular formula is C21H44Cl2O6PSb. The van der Waals surface area contributed by atoms with Crippen LogP contribution in [0.2, 0.25) is 0 Å². The van der Waals surface area contributed by atoms with Gasteiger partial charge in [-0.15, -0.1) is 0 Å². The summed E-state index contributed by atoms with van der Waals surface area (Å²) in [5.41, 5.74) is 0. The summed E-state index contributed by atoms with van der Waals surface area (Å²) in [5.74, 6) is -0.718. The normalized spacial score (nSPS) is 15.4. The van der Waals surface area contributed by atoms with Gasteiger partial charge in [-0.1, -0.05) is 0 Å². The molecule has 188 valence electrons. The molecular weight excluding hydrogens is 572 g/mol. The molecule has 6 nitrogen and oxygen atoms in total. The Balaban J connectivity index is 5.12. The monoisotopic (exact) mass is 614 g/mol. The average molecular weight is 616 g/mol. The fourth-order valence-corrected chi connectivity index (χ4v) is 9.94. The van der Waals surface area contributed by atoms with E-state index in [0.717, 1.165) is 51.4 Å². The molecule has 0 aromatic carbocycles. The quantitative estimate of drug-likeness (QED) is 0.0547. The number of unbranched alkanes of at least 4 members (excludes halogenated alkanes) is 6. The first-order valence-electron chi connectivity index (χ1n) is 11.7. The first-order chi connectivity index (χ1) is 14.8. The van der Waals surface area contributed by atoms with Crippen molar-refractivity contribution in [3.8, 4) is 0 Å². The zero-order valence-corrected chi connectivity index (χ0v) is 25.0. The van der Waals surface area contributed by atoms with Crippen molar-refractivity contribution in [3.63, 3.8) is 0 Å². The number of alkyl halides is 2. The zero-order chi connectivity index (χ0) is 23.5. The van der Waals surface area contributed by atoms with E-state index in [-0.39, 0.29) is 10.8 Å². The van der Waals surface area contributed by atoms with Crippen molar-refractivity contribution in [3.05, 3.63) is 0 Å². The number of rotatable bonds is 22. The van der Waals surface area contributed by atoms with Crippen molar-refractivity contribution in [2.75, 3.05) is 26.4 Å². The van der Waals surface area contributed by atoms with E-state index in [4.69, 9.17) is 41.3 Å². The zero-order valence-electron chi connectivity index (χ0n) is 20.0. The van der Waals surface area contributed by atoms with Crippen LogP contribution >= 0.6 is 30.8 Å².